The first-order valence-corrected chi connectivity index (χ1v) is 10.7. The minimum absolute atomic E-state index is 0.181. The van der Waals surface area contributed by atoms with Crippen LogP contribution in [-0.2, 0) is 17.0 Å². The van der Waals surface area contributed by atoms with Gasteiger partial charge < -0.3 is 9.72 Å². The van der Waals surface area contributed by atoms with Crippen LogP contribution in [0, 0.1) is 5.82 Å². The first-order chi connectivity index (χ1) is 14.3. The van der Waals surface area contributed by atoms with Gasteiger partial charge in [-0.25, -0.2) is 4.39 Å². The molecule has 148 valence electrons. The van der Waals surface area contributed by atoms with Gasteiger partial charge >= 0.3 is 0 Å². The molecule has 1 fully saturated rings. The van der Waals surface area contributed by atoms with Crippen LogP contribution in [-0.4, -0.2) is 32.5 Å². The summed E-state index contributed by atoms with van der Waals surface area (Å²) >= 11 is 1.61. The van der Waals surface area contributed by atoms with Crippen molar-refractivity contribution in [2.75, 3.05) is 6.61 Å². The molecule has 5 rings (SSSR count). The third kappa shape index (κ3) is 3.80. The van der Waals surface area contributed by atoms with Crippen molar-refractivity contribution in [3.8, 4) is 11.4 Å². The Hall–Kier alpha value is -2.64. The molecule has 0 spiro atoms. The third-order valence-corrected chi connectivity index (χ3v) is 6.28. The van der Waals surface area contributed by atoms with Crippen molar-refractivity contribution < 1.29 is 9.13 Å². The van der Waals surface area contributed by atoms with E-state index in [1.54, 1.807) is 11.8 Å². The molecule has 0 saturated carbocycles. The third-order valence-electron chi connectivity index (χ3n) is 5.24. The normalized spacial score (nSPS) is 16.7. The predicted octanol–water partition coefficient (Wildman–Crippen LogP) is 5.04. The maximum atomic E-state index is 13.2. The maximum Gasteiger partial charge on any atom is 0.191 e. The van der Waals surface area contributed by atoms with Gasteiger partial charge in [0.2, 0.25) is 0 Å². The van der Waals surface area contributed by atoms with E-state index in [1.807, 2.05) is 30.5 Å². The van der Waals surface area contributed by atoms with E-state index in [4.69, 9.17) is 4.74 Å². The highest BCUT2D eigenvalue weighted by molar-refractivity contribution is 7.98. The standard InChI is InChI=1S/C22H21FN4OS/c23-16-9-7-15(8-10-16)14-29-22-26-25-21(27(22)13-17-4-3-11-28-17)19-12-24-20-6-2-1-5-18(19)20/h1-2,5-10,12,17,24H,3-4,11,13-14H2. The molecule has 2 aromatic heterocycles. The second kappa shape index (κ2) is 8.00. The fraction of sp³-hybridized carbons (Fsp3) is 0.273. The molecule has 3 heterocycles. The van der Waals surface area contributed by atoms with E-state index in [2.05, 4.69) is 31.9 Å². The summed E-state index contributed by atoms with van der Waals surface area (Å²) in [5.41, 5.74) is 3.17. The number of rotatable bonds is 6. The van der Waals surface area contributed by atoms with Gasteiger partial charge in [-0.15, -0.1) is 10.2 Å². The van der Waals surface area contributed by atoms with Gasteiger partial charge in [-0.1, -0.05) is 42.1 Å². The average molecular weight is 409 g/mol. The Morgan fingerprint density at radius 2 is 2.00 bits per heavy atom. The Kier molecular flexibility index (Phi) is 5.08. The minimum Gasteiger partial charge on any atom is -0.376 e. The highest BCUT2D eigenvalue weighted by Crippen LogP contribution is 2.32. The van der Waals surface area contributed by atoms with Gasteiger partial charge in [0.1, 0.15) is 5.82 Å². The lowest BCUT2D eigenvalue weighted by Crippen LogP contribution is -2.16. The van der Waals surface area contributed by atoms with E-state index in [0.29, 0.717) is 5.75 Å². The summed E-state index contributed by atoms with van der Waals surface area (Å²) < 4.78 is 21.2. The molecule has 1 aliphatic heterocycles. The summed E-state index contributed by atoms with van der Waals surface area (Å²) in [7, 11) is 0. The fourth-order valence-electron chi connectivity index (χ4n) is 3.74. The smallest absolute Gasteiger partial charge is 0.191 e. The zero-order chi connectivity index (χ0) is 19.6. The Morgan fingerprint density at radius 1 is 1.14 bits per heavy atom. The number of ether oxygens (including phenoxy) is 1. The summed E-state index contributed by atoms with van der Waals surface area (Å²) in [6, 6.07) is 14.8. The molecule has 1 aliphatic rings. The van der Waals surface area contributed by atoms with E-state index >= 15 is 0 Å². The number of para-hydroxylation sites is 1. The van der Waals surface area contributed by atoms with Crippen LogP contribution in [0.5, 0.6) is 0 Å². The van der Waals surface area contributed by atoms with Crippen LogP contribution >= 0.6 is 11.8 Å². The van der Waals surface area contributed by atoms with Crippen molar-refractivity contribution in [2.45, 2.75) is 36.4 Å². The van der Waals surface area contributed by atoms with Crippen molar-refractivity contribution in [2.24, 2.45) is 0 Å². The van der Waals surface area contributed by atoms with E-state index in [0.717, 1.165) is 59.0 Å². The molecule has 0 bridgehead atoms. The van der Waals surface area contributed by atoms with Crippen LogP contribution in [0.1, 0.15) is 18.4 Å². The largest absolute Gasteiger partial charge is 0.376 e. The molecule has 1 atom stereocenters. The van der Waals surface area contributed by atoms with Crippen LogP contribution < -0.4 is 0 Å². The molecule has 0 amide bonds. The van der Waals surface area contributed by atoms with Crippen molar-refractivity contribution in [3.63, 3.8) is 0 Å². The molecule has 4 aromatic rings. The predicted molar refractivity (Wildman–Crippen MR) is 112 cm³/mol. The molecule has 7 heteroatoms. The topological polar surface area (TPSA) is 55.7 Å². The Balaban J connectivity index is 1.48. The van der Waals surface area contributed by atoms with E-state index in [9.17, 15) is 4.39 Å². The van der Waals surface area contributed by atoms with Gasteiger partial charge in [0.15, 0.2) is 11.0 Å². The van der Waals surface area contributed by atoms with Crippen molar-refractivity contribution in [1.29, 1.82) is 0 Å². The molecule has 1 saturated heterocycles. The number of aromatic amines is 1. The Labute approximate surface area is 172 Å². The first-order valence-electron chi connectivity index (χ1n) is 9.76. The number of thioether (sulfide) groups is 1. The lowest BCUT2D eigenvalue weighted by molar-refractivity contribution is 0.0953. The van der Waals surface area contributed by atoms with Crippen LogP contribution in [0.25, 0.3) is 22.3 Å². The number of nitrogens with zero attached hydrogens (tertiary/aromatic N) is 3. The highest BCUT2D eigenvalue weighted by atomic mass is 32.2. The van der Waals surface area contributed by atoms with Gasteiger partial charge in [-0.3, -0.25) is 4.57 Å². The van der Waals surface area contributed by atoms with Gasteiger partial charge in [0.05, 0.1) is 12.6 Å². The van der Waals surface area contributed by atoms with E-state index in [-0.39, 0.29) is 11.9 Å². The number of nitrogens with one attached hydrogen (secondary N) is 1. The number of aromatic nitrogens is 4. The van der Waals surface area contributed by atoms with Crippen LogP contribution in [0.15, 0.2) is 59.9 Å². The molecule has 1 unspecified atom stereocenters. The minimum atomic E-state index is -0.220. The number of halogens is 1. The molecular weight excluding hydrogens is 387 g/mol. The average Bonchev–Trinajstić information content (AvgIpc) is 3.48. The quantitative estimate of drug-likeness (QED) is 0.454. The maximum absolute atomic E-state index is 13.2. The molecular formula is C22H21FN4OS. The zero-order valence-electron chi connectivity index (χ0n) is 15.8. The first kappa shape index (κ1) is 18.4. The molecule has 1 N–H and O–H groups in total. The van der Waals surface area contributed by atoms with Crippen molar-refractivity contribution in [3.05, 3.63) is 66.1 Å². The lowest BCUT2D eigenvalue weighted by Gasteiger charge is -2.14. The van der Waals surface area contributed by atoms with Crippen LogP contribution in [0.2, 0.25) is 0 Å². The number of hydrogen-bond acceptors (Lipinski definition) is 4. The Morgan fingerprint density at radius 3 is 2.83 bits per heavy atom. The van der Waals surface area contributed by atoms with E-state index in [1.165, 1.54) is 12.1 Å². The van der Waals surface area contributed by atoms with Crippen LogP contribution in [0.3, 0.4) is 0 Å². The molecule has 5 nitrogen and oxygen atoms in total. The number of H-pyrrole nitrogens is 1. The molecule has 29 heavy (non-hydrogen) atoms. The second-order valence-corrected chi connectivity index (χ2v) is 8.16. The zero-order valence-corrected chi connectivity index (χ0v) is 16.7. The summed E-state index contributed by atoms with van der Waals surface area (Å²) in [6.45, 7) is 1.54. The van der Waals surface area contributed by atoms with Gasteiger partial charge in [0.25, 0.3) is 0 Å². The van der Waals surface area contributed by atoms with Crippen molar-refractivity contribution in [1.82, 2.24) is 19.7 Å². The molecule has 0 aliphatic carbocycles. The summed E-state index contributed by atoms with van der Waals surface area (Å²) in [5.74, 6) is 1.33. The van der Waals surface area contributed by atoms with Gasteiger partial charge in [-0.05, 0) is 36.6 Å². The molecule has 0 radical (unpaired) electrons. The number of fused-ring (bicyclic) bond motifs is 1. The summed E-state index contributed by atoms with van der Waals surface area (Å²) in [5, 5.41) is 11.0. The van der Waals surface area contributed by atoms with Gasteiger partial charge in [-0.2, -0.15) is 0 Å². The van der Waals surface area contributed by atoms with E-state index < -0.39 is 0 Å². The fourth-order valence-corrected chi connectivity index (χ4v) is 4.64. The Bertz CT molecular complexity index is 1120. The highest BCUT2D eigenvalue weighted by Gasteiger charge is 2.23. The SMILES string of the molecule is Fc1ccc(CSc2nnc(-c3c[nH]c4ccccc34)n2CC2CCCO2)cc1. The lowest BCUT2D eigenvalue weighted by atomic mass is 10.1. The summed E-state index contributed by atoms with van der Waals surface area (Å²) in [6.07, 6.45) is 4.32. The van der Waals surface area contributed by atoms with Crippen molar-refractivity contribution >= 4 is 22.7 Å². The second-order valence-electron chi connectivity index (χ2n) is 7.21. The van der Waals surface area contributed by atoms with Gasteiger partial charge in [0, 0.05) is 35.0 Å². The monoisotopic (exact) mass is 408 g/mol. The van der Waals surface area contributed by atoms with Crippen LogP contribution in [0.4, 0.5) is 4.39 Å². The number of hydrogen-bond donors (Lipinski definition) is 1. The molecule has 2 aromatic carbocycles. The summed E-state index contributed by atoms with van der Waals surface area (Å²) in [4.78, 5) is 3.33. The number of benzene rings is 2.